The van der Waals surface area contributed by atoms with Crippen LogP contribution in [0.15, 0.2) is 42.5 Å². The molecule has 0 unspecified atom stereocenters. The van der Waals surface area contributed by atoms with Crippen LogP contribution in [0.3, 0.4) is 0 Å². The van der Waals surface area contributed by atoms with Crippen LogP contribution in [0.2, 0.25) is 0 Å². The van der Waals surface area contributed by atoms with Crippen LogP contribution in [0.4, 0.5) is 5.69 Å². The summed E-state index contributed by atoms with van der Waals surface area (Å²) in [7, 11) is 7.54. The molecule has 136 valence electrons. The molecule has 6 nitrogen and oxygen atoms in total. The number of ether oxygens (including phenoxy) is 1. The average Bonchev–Trinajstić information content (AvgIpc) is 2.96. The van der Waals surface area contributed by atoms with Crippen LogP contribution in [0.25, 0.3) is 11.0 Å². The summed E-state index contributed by atoms with van der Waals surface area (Å²) < 4.78 is 7.30. The molecule has 1 aromatic heterocycles. The van der Waals surface area contributed by atoms with Crippen molar-refractivity contribution in [2.24, 2.45) is 7.05 Å². The molecule has 0 atom stereocenters. The topological polar surface area (TPSA) is 59.4 Å². The van der Waals surface area contributed by atoms with Gasteiger partial charge >= 0.3 is 0 Å². The Labute approximate surface area is 153 Å². The molecule has 0 saturated carbocycles. The van der Waals surface area contributed by atoms with Gasteiger partial charge in [0.25, 0.3) is 5.91 Å². The first-order chi connectivity index (χ1) is 12.5. The standard InChI is InChI=1S/C20H24N4O2/c1-23(2)15-7-5-6-14(12-15)20(25)21-11-10-19-22-17-13-16(26-4)8-9-18(17)24(19)3/h5-9,12-13H,10-11H2,1-4H3,(H,21,25). The Morgan fingerprint density at radius 3 is 2.77 bits per heavy atom. The highest BCUT2D eigenvalue weighted by molar-refractivity contribution is 5.95. The maximum absolute atomic E-state index is 12.4. The summed E-state index contributed by atoms with van der Waals surface area (Å²) in [5.41, 5.74) is 3.60. The Balaban J connectivity index is 1.66. The van der Waals surface area contributed by atoms with E-state index < -0.39 is 0 Å². The van der Waals surface area contributed by atoms with Gasteiger partial charge in [-0.1, -0.05) is 6.07 Å². The fourth-order valence-corrected chi connectivity index (χ4v) is 2.90. The number of anilines is 1. The molecule has 0 spiro atoms. The summed E-state index contributed by atoms with van der Waals surface area (Å²) in [6.45, 7) is 0.527. The molecule has 6 heteroatoms. The van der Waals surface area contributed by atoms with E-state index in [9.17, 15) is 4.79 Å². The SMILES string of the molecule is COc1ccc2c(c1)nc(CCNC(=O)c1cccc(N(C)C)c1)n2C. The van der Waals surface area contributed by atoms with Gasteiger partial charge in [-0.2, -0.15) is 0 Å². The number of carbonyl (C=O) groups excluding carboxylic acids is 1. The van der Waals surface area contributed by atoms with Crippen molar-refractivity contribution in [1.29, 1.82) is 0 Å². The molecule has 1 amide bonds. The molecule has 26 heavy (non-hydrogen) atoms. The number of methoxy groups -OCH3 is 1. The van der Waals surface area contributed by atoms with Crippen LogP contribution in [0.5, 0.6) is 5.75 Å². The minimum atomic E-state index is -0.0749. The van der Waals surface area contributed by atoms with Gasteiger partial charge in [0.15, 0.2) is 0 Å². The molecule has 0 radical (unpaired) electrons. The first-order valence-electron chi connectivity index (χ1n) is 8.54. The zero-order chi connectivity index (χ0) is 18.7. The van der Waals surface area contributed by atoms with Crippen molar-refractivity contribution >= 4 is 22.6 Å². The number of nitrogens with one attached hydrogen (secondary N) is 1. The van der Waals surface area contributed by atoms with Crippen LogP contribution in [0, 0.1) is 0 Å². The molecule has 0 aliphatic heterocycles. The maximum Gasteiger partial charge on any atom is 0.251 e. The van der Waals surface area contributed by atoms with Crippen molar-refractivity contribution in [3.63, 3.8) is 0 Å². The number of hydrogen-bond acceptors (Lipinski definition) is 4. The fourth-order valence-electron chi connectivity index (χ4n) is 2.90. The third-order valence-corrected chi connectivity index (χ3v) is 4.44. The van der Waals surface area contributed by atoms with E-state index >= 15 is 0 Å². The lowest BCUT2D eigenvalue weighted by molar-refractivity contribution is 0.0954. The summed E-state index contributed by atoms with van der Waals surface area (Å²) in [4.78, 5) is 19.0. The van der Waals surface area contributed by atoms with Crippen molar-refractivity contribution in [3.05, 3.63) is 53.9 Å². The number of imidazole rings is 1. The first kappa shape index (κ1) is 17.8. The lowest BCUT2D eigenvalue weighted by Crippen LogP contribution is -2.26. The normalized spacial score (nSPS) is 10.8. The van der Waals surface area contributed by atoms with Gasteiger partial charge in [0, 0.05) is 51.4 Å². The van der Waals surface area contributed by atoms with Gasteiger partial charge in [-0.15, -0.1) is 0 Å². The number of nitrogens with zero attached hydrogens (tertiary/aromatic N) is 3. The Morgan fingerprint density at radius 2 is 2.04 bits per heavy atom. The number of benzene rings is 2. The van der Waals surface area contributed by atoms with E-state index in [0.717, 1.165) is 28.3 Å². The third kappa shape index (κ3) is 3.64. The van der Waals surface area contributed by atoms with Gasteiger partial charge in [-0.3, -0.25) is 4.79 Å². The zero-order valence-electron chi connectivity index (χ0n) is 15.6. The quantitative estimate of drug-likeness (QED) is 0.741. The van der Waals surface area contributed by atoms with E-state index in [1.807, 2.05) is 73.1 Å². The van der Waals surface area contributed by atoms with E-state index in [-0.39, 0.29) is 5.91 Å². The number of rotatable bonds is 6. The molecule has 0 bridgehead atoms. The highest BCUT2D eigenvalue weighted by Gasteiger charge is 2.10. The number of fused-ring (bicyclic) bond motifs is 1. The molecule has 1 heterocycles. The highest BCUT2D eigenvalue weighted by atomic mass is 16.5. The van der Waals surface area contributed by atoms with Gasteiger partial charge in [-0.25, -0.2) is 4.98 Å². The Morgan fingerprint density at radius 1 is 1.23 bits per heavy atom. The van der Waals surface area contributed by atoms with Crippen LogP contribution < -0.4 is 15.0 Å². The Kier molecular flexibility index (Phi) is 5.11. The van der Waals surface area contributed by atoms with Crippen LogP contribution in [-0.4, -0.2) is 43.2 Å². The Hall–Kier alpha value is -3.02. The molecule has 0 fully saturated rings. The van der Waals surface area contributed by atoms with Crippen molar-refractivity contribution < 1.29 is 9.53 Å². The minimum absolute atomic E-state index is 0.0749. The molecule has 0 aliphatic carbocycles. The summed E-state index contributed by atoms with van der Waals surface area (Å²) >= 11 is 0. The summed E-state index contributed by atoms with van der Waals surface area (Å²) in [5.74, 6) is 1.64. The van der Waals surface area contributed by atoms with Crippen LogP contribution in [0.1, 0.15) is 16.2 Å². The third-order valence-electron chi connectivity index (χ3n) is 4.44. The molecule has 0 saturated heterocycles. The van der Waals surface area contributed by atoms with Gasteiger partial charge < -0.3 is 19.5 Å². The molecule has 0 aliphatic rings. The van der Waals surface area contributed by atoms with Crippen molar-refractivity contribution in [3.8, 4) is 5.75 Å². The molecule has 2 aromatic carbocycles. The molecular weight excluding hydrogens is 328 g/mol. The van der Waals surface area contributed by atoms with Crippen LogP contribution >= 0.6 is 0 Å². The summed E-state index contributed by atoms with van der Waals surface area (Å²) in [6.07, 6.45) is 0.659. The lowest BCUT2D eigenvalue weighted by atomic mass is 10.2. The van der Waals surface area contributed by atoms with Gasteiger partial charge in [0.1, 0.15) is 11.6 Å². The van der Waals surface area contributed by atoms with E-state index in [1.54, 1.807) is 7.11 Å². The van der Waals surface area contributed by atoms with Gasteiger partial charge in [0.05, 0.1) is 18.1 Å². The lowest BCUT2D eigenvalue weighted by Gasteiger charge is -2.13. The fraction of sp³-hybridized carbons (Fsp3) is 0.300. The van der Waals surface area contributed by atoms with E-state index in [4.69, 9.17) is 4.74 Å². The second-order valence-corrected chi connectivity index (χ2v) is 6.39. The summed E-state index contributed by atoms with van der Waals surface area (Å²) in [6, 6.07) is 13.4. The summed E-state index contributed by atoms with van der Waals surface area (Å²) in [5, 5.41) is 2.97. The highest BCUT2D eigenvalue weighted by Crippen LogP contribution is 2.21. The number of amides is 1. The largest absolute Gasteiger partial charge is 0.497 e. The molecular formula is C20H24N4O2. The number of carbonyl (C=O) groups is 1. The zero-order valence-corrected chi connectivity index (χ0v) is 15.6. The Bertz CT molecular complexity index is 931. The van der Waals surface area contributed by atoms with Crippen molar-refractivity contribution in [1.82, 2.24) is 14.9 Å². The van der Waals surface area contributed by atoms with Crippen LogP contribution in [-0.2, 0) is 13.5 Å². The maximum atomic E-state index is 12.4. The van der Waals surface area contributed by atoms with Crippen molar-refractivity contribution in [2.45, 2.75) is 6.42 Å². The molecule has 3 aromatic rings. The number of aromatic nitrogens is 2. The predicted octanol–water partition coefficient (Wildman–Crippen LogP) is 2.62. The van der Waals surface area contributed by atoms with Gasteiger partial charge in [-0.05, 0) is 30.3 Å². The molecule has 3 rings (SSSR count). The second kappa shape index (κ2) is 7.47. The monoisotopic (exact) mass is 352 g/mol. The number of aryl methyl sites for hydroxylation is 1. The number of hydrogen-bond donors (Lipinski definition) is 1. The first-order valence-corrected chi connectivity index (χ1v) is 8.54. The van der Waals surface area contributed by atoms with Crippen molar-refractivity contribution in [2.75, 3.05) is 32.6 Å². The van der Waals surface area contributed by atoms with Gasteiger partial charge in [0.2, 0.25) is 0 Å². The minimum Gasteiger partial charge on any atom is -0.497 e. The molecule has 1 N–H and O–H groups in total. The smallest absolute Gasteiger partial charge is 0.251 e. The van der Waals surface area contributed by atoms with E-state index in [1.165, 1.54) is 0 Å². The van der Waals surface area contributed by atoms with E-state index in [2.05, 4.69) is 10.3 Å². The van der Waals surface area contributed by atoms with E-state index in [0.29, 0.717) is 18.5 Å². The second-order valence-electron chi connectivity index (χ2n) is 6.39. The average molecular weight is 352 g/mol. The predicted molar refractivity (Wildman–Crippen MR) is 104 cm³/mol.